The van der Waals surface area contributed by atoms with Crippen molar-refractivity contribution in [2.45, 2.75) is 19.8 Å². The molecule has 1 atom stereocenters. The highest BCUT2D eigenvalue weighted by molar-refractivity contribution is 6.31. The van der Waals surface area contributed by atoms with E-state index in [1.54, 1.807) is 13.0 Å². The monoisotopic (exact) mass is 236 g/mol. The summed E-state index contributed by atoms with van der Waals surface area (Å²) >= 11 is 5.98. The van der Waals surface area contributed by atoms with E-state index in [0.717, 1.165) is 5.56 Å². The number of hydrogen-bond donors (Lipinski definition) is 1. The lowest BCUT2D eigenvalue weighted by atomic mass is 9.96. The van der Waals surface area contributed by atoms with Gasteiger partial charge in [0, 0.05) is 11.4 Å². The summed E-state index contributed by atoms with van der Waals surface area (Å²) in [5.41, 5.74) is 0.856. The minimum absolute atomic E-state index is 0.358. The Labute approximate surface area is 100 Å². The fourth-order valence-electron chi connectivity index (χ4n) is 1.40. The van der Waals surface area contributed by atoms with Gasteiger partial charge in [-0.25, -0.2) is 0 Å². The van der Waals surface area contributed by atoms with Crippen LogP contribution in [-0.4, -0.2) is 11.1 Å². The zero-order valence-electron chi connectivity index (χ0n) is 9.03. The number of aliphatic carboxylic acids is 1. The maximum Gasteiger partial charge on any atom is 0.307 e. The highest BCUT2D eigenvalue weighted by atomic mass is 35.5. The summed E-state index contributed by atoms with van der Waals surface area (Å²) in [5, 5.41) is 9.65. The normalized spacial score (nSPS) is 11.4. The molecule has 84 valence electrons. The molecule has 0 aromatic heterocycles. The molecule has 0 amide bonds. The predicted octanol–water partition coefficient (Wildman–Crippen LogP) is 3.00. The molecule has 0 aliphatic heterocycles. The maximum absolute atomic E-state index is 11.0. The molecule has 0 heterocycles. The molecule has 16 heavy (non-hydrogen) atoms. The Morgan fingerprint density at radius 3 is 2.75 bits per heavy atom. The minimum Gasteiger partial charge on any atom is -0.481 e. The molecule has 1 rings (SSSR count). The Morgan fingerprint density at radius 1 is 1.50 bits per heavy atom. The number of benzene rings is 1. The molecule has 0 radical (unpaired) electrons. The van der Waals surface area contributed by atoms with E-state index in [4.69, 9.17) is 16.7 Å². The summed E-state index contributed by atoms with van der Waals surface area (Å²) in [4.78, 5) is 11.0. The molecule has 1 N–H and O–H groups in total. The average molecular weight is 237 g/mol. The Kier molecular flexibility index (Phi) is 4.88. The number of carboxylic acid groups (broad SMARTS) is 1. The van der Waals surface area contributed by atoms with Crippen LogP contribution in [0.3, 0.4) is 0 Å². The molecule has 1 aromatic rings. The predicted molar refractivity (Wildman–Crippen MR) is 64.3 cm³/mol. The molecule has 1 unspecified atom stereocenters. The van der Waals surface area contributed by atoms with Crippen molar-refractivity contribution in [3.8, 4) is 11.8 Å². The third-order valence-corrected chi connectivity index (χ3v) is 2.67. The lowest BCUT2D eigenvalue weighted by Gasteiger charge is -2.10. The van der Waals surface area contributed by atoms with Gasteiger partial charge in [-0.15, -0.1) is 11.8 Å². The molecular weight excluding hydrogens is 224 g/mol. The van der Waals surface area contributed by atoms with Crippen LogP contribution in [0.4, 0.5) is 0 Å². The molecular formula is C13H13ClO2. The van der Waals surface area contributed by atoms with E-state index in [0.29, 0.717) is 17.9 Å². The van der Waals surface area contributed by atoms with Gasteiger partial charge in [-0.3, -0.25) is 4.79 Å². The van der Waals surface area contributed by atoms with Gasteiger partial charge < -0.3 is 5.11 Å². The summed E-state index contributed by atoms with van der Waals surface area (Å²) < 4.78 is 0. The van der Waals surface area contributed by atoms with E-state index >= 15 is 0 Å². The molecule has 0 bridgehead atoms. The van der Waals surface area contributed by atoms with Crippen molar-refractivity contribution in [3.05, 3.63) is 34.9 Å². The number of rotatable bonds is 4. The van der Waals surface area contributed by atoms with E-state index in [9.17, 15) is 4.79 Å². The Morgan fingerprint density at radius 2 is 2.19 bits per heavy atom. The molecule has 0 aliphatic rings. The molecule has 0 saturated carbocycles. The van der Waals surface area contributed by atoms with Crippen molar-refractivity contribution >= 4 is 17.6 Å². The van der Waals surface area contributed by atoms with Crippen molar-refractivity contribution in [2.75, 3.05) is 0 Å². The topological polar surface area (TPSA) is 37.3 Å². The Balaban J connectivity index is 2.78. The summed E-state index contributed by atoms with van der Waals surface area (Å²) in [6, 6.07) is 7.29. The van der Waals surface area contributed by atoms with Crippen LogP contribution in [0.1, 0.15) is 18.9 Å². The van der Waals surface area contributed by atoms with Gasteiger partial charge >= 0.3 is 5.97 Å². The smallest absolute Gasteiger partial charge is 0.307 e. The fourth-order valence-corrected chi connectivity index (χ4v) is 1.61. The van der Waals surface area contributed by atoms with E-state index in [1.807, 2.05) is 18.2 Å². The molecule has 2 nitrogen and oxygen atoms in total. The second-order valence-electron chi connectivity index (χ2n) is 3.46. The molecule has 0 spiro atoms. The van der Waals surface area contributed by atoms with Crippen LogP contribution in [0.5, 0.6) is 0 Å². The van der Waals surface area contributed by atoms with Crippen LogP contribution in [-0.2, 0) is 11.2 Å². The number of carboxylic acids is 1. The average Bonchev–Trinajstić information content (AvgIpc) is 2.26. The van der Waals surface area contributed by atoms with E-state index < -0.39 is 11.9 Å². The third kappa shape index (κ3) is 3.60. The zero-order valence-corrected chi connectivity index (χ0v) is 9.79. The van der Waals surface area contributed by atoms with Crippen LogP contribution in [0.2, 0.25) is 5.02 Å². The fraction of sp³-hybridized carbons (Fsp3) is 0.308. The first-order valence-electron chi connectivity index (χ1n) is 5.01. The number of hydrogen-bond acceptors (Lipinski definition) is 1. The lowest BCUT2D eigenvalue weighted by Crippen LogP contribution is -2.16. The first-order valence-corrected chi connectivity index (χ1v) is 5.38. The zero-order chi connectivity index (χ0) is 12.0. The van der Waals surface area contributed by atoms with Gasteiger partial charge in [0.2, 0.25) is 0 Å². The Bertz CT molecular complexity index is 429. The Hall–Kier alpha value is -1.46. The SMILES string of the molecule is CC#CCC(Cc1ccccc1Cl)C(=O)O. The van der Waals surface area contributed by atoms with Gasteiger partial charge in [0.25, 0.3) is 0 Å². The second kappa shape index (κ2) is 6.19. The standard InChI is InChI=1S/C13H13ClO2/c1-2-3-6-11(13(15)16)9-10-7-4-5-8-12(10)14/h4-5,7-8,11H,6,9H2,1H3,(H,15,16). The largest absolute Gasteiger partial charge is 0.481 e. The van der Waals surface area contributed by atoms with Crippen LogP contribution >= 0.6 is 11.6 Å². The van der Waals surface area contributed by atoms with E-state index in [2.05, 4.69) is 11.8 Å². The van der Waals surface area contributed by atoms with Crippen molar-refractivity contribution in [3.63, 3.8) is 0 Å². The first kappa shape index (κ1) is 12.6. The van der Waals surface area contributed by atoms with Crippen molar-refractivity contribution in [1.29, 1.82) is 0 Å². The molecule has 1 aromatic carbocycles. The van der Waals surface area contributed by atoms with Crippen LogP contribution in [0.15, 0.2) is 24.3 Å². The second-order valence-corrected chi connectivity index (χ2v) is 3.87. The third-order valence-electron chi connectivity index (χ3n) is 2.30. The molecule has 3 heteroatoms. The highest BCUT2D eigenvalue weighted by Crippen LogP contribution is 2.20. The quantitative estimate of drug-likeness (QED) is 0.816. The summed E-state index contributed by atoms with van der Waals surface area (Å²) in [6.45, 7) is 1.70. The van der Waals surface area contributed by atoms with Gasteiger partial charge in [-0.1, -0.05) is 29.8 Å². The van der Waals surface area contributed by atoms with Crippen molar-refractivity contribution in [2.24, 2.45) is 5.92 Å². The molecule has 0 saturated heterocycles. The highest BCUT2D eigenvalue weighted by Gasteiger charge is 2.17. The maximum atomic E-state index is 11.0. The van der Waals surface area contributed by atoms with Gasteiger partial charge in [-0.05, 0) is 25.0 Å². The number of carbonyl (C=O) groups is 1. The number of halogens is 1. The minimum atomic E-state index is -0.831. The van der Waals surface area contributed by atoms with Gasteiger partial charge in [0.15, 0.2) is 0 Å². The van der Waals surface area contributed by atoms with E-state index in [-0.39, 0.29) is 0 Å². The lowest BCUT2D eigenvalue weighted by molar-refractivity contribution is -0.141. The van der Waals surface area contributed by atoms with Crippen molar-refractivity contribution in [1.82, 2.24) is 0 Å². The summed E-state index contributed by atoms with van der Waals surface area (Å²) in [7, 11) is 0. The van der Waals surface area contributed by atoms with Gasteiger partial charge in [0.05, 0.1) is 5.92 Å². The van der Waals surface area contributed by atoms with Crippen LogP contribution < -0.4 is 0 Å². The van der Waals surface area contributed by atoms with E-state index in [1.165, 1.54) is 0 Å². The van der Waals surface area contributed by atoms with Gasteiger partial charge in [0.1, 0.15) is 0 Å². The molecule has 0 aliphatic carbocycles. The van der Waals surface area contributed by atoms with Crippen LogP contribution in [0, 0.1) is 17.8 Å². The van der Waals surface area contributed by atoms with Crippen LogP contribution in [0.25, 0.3) is 0 Å². The molecule has 0 fully saturated rings. The first-order chi connectivity index (χ1) is 7.65. The van der Waals surface area contributed by atoms with Crippen molar-refractivity contribution < 1.29 is 9.90 Å². The summed E-state index contributed by atoms with van der Waals surface area (Å²) in [5.74, 6) is 4.18. The van der Waals surface area contributed by atoms with Gasteiger partial charge in [-0.2, -0.15) is 0 Å². The summed E-state index contributed by atoms with van der Waals surface area (Å²) in [6.07, 6.45) is 0.779.